The van der Waals surface area contributed by atoms with E-state index in [1.807, 2.05) is 0 Å². The van der Waals surface area contributed by atoms with E-state index < -0.39 is 18.4 Å². The molecule has 0 radical (unpaired) electrons. The van der Waals surface area contributed by atoms with Gasteiger partial charge in [0, 0.05) is 0 Å². The molecule has 2 unspecified atom stereocenters. The lowest BCUT2D eigenvalue weighted by atomic mass is 10.0. The van der Waals surface area contributed by atoms with Crippen molar-refractivity contribution >= 4 is 0 Å². The summed E-state index contributed by atoms with van der Waals surface area (Å²) in [6, 6.07) is 0. The third kappa shape index (κ3) is 2.64. The van der Waals surface area contributed by atoms with Crippen LogP contribution in [0.5, 0.6) is 0 Å². The Hall–Kier alpha value is -0.160. The van der Waals surface area contributed by atoms with Crippen LogP contribution in [-0.2, 0) is 4.74 Å². The average Bonchev–Trinajstić information content (AvgIpc) is 2.34. The summed E-state index contributed by atoms with van der Waals surface area (Å²) in [5.41, 5.74) is 5.43. The van der Waals surface area contributed by atoms with Gasteiger partial charge in [-0.15, -0.1) is 0 Å². The number of hydrogen-bond donors (Lipinski definition) is 3. The minimum absolute atomic E-state index is 0.281. The van der Waals surface area contributed by atoms with Crippen LogP contribution in [0.25, 0.3) is 0 Å². The smallest absolute Gasteiger partial charge is 0.135 e. The molecule has 4 nitrogen and oxygen atoms in total. The molecule has 0 spiro atoms. The first-order valence-electron chi connectivity index (χ1n) is 4.94. The highest BCUT2D eigenvalue weighted by molar-refractivity contribution is 4.87. The molecule has 4 N–H and O–H groups in total. The first-order valence-corrected chi connectivity index (χ1v) is 4.94. The molecule has 0 saturated carbocycles. The maximum Gasteiger partial charge on any atom is 0.135 e. The van der Waals surface area contributed by atoms with Gasteiger partial charge in [-0.3, -0.25) is 0 Å². The lowest BCUT2D eigenvalue weighted by Gasteiger charge is -2.13. The third-order valence-corrected chi connectivity index (χ3v) is 2.49. The van der Waals surface area contributed by atoms with Gasteiger partial charge in [0.25, 0.3) is 0 Å². The molecule has 78 valence electrons. The van der Waals surface area contributed by atoms with Crippen molar-refractivity contribution in [2.75, 3.05) is 0 Å². The molecular formula is C9H19NO3. The fourth-order valence-electron chi connectivity index (χ4n) is 1.61. The molecule has 0 aromatic rings. The van der Waals surface area contributed by atoms with Crippen LogP contribution in [0, 0.1) is 0 Å². The Balaban J connectivity index is 2.27. The molecule has 1 aliphatic rings. The monoisotopic (exact) mass is 189 g/mol. The zero-order valence-electron chi connectivity index (χ0n) is 8.02. The van der Waals surface area contributed by atoms with Crippen LogP contribution in [0.3, 0.4) is 0 Å². The van der Waals surface area contributed by atoms with Crippen LogP contribution < -0.4 is 5.73 Å². The molecule has 1 aliphatic heterocycles. The number of aliphatic hydroxyl groups excluding tert-OH is 2. The van der Waals surface area contributed by atoms with Gasteiger partial charge in [-0.25, -0.2) is 0 Å². The van der Waals surface area contributed by atoms with Crippen LogP contribution in [0.2, 0.25) is 0 Å². The first-order chi connectivity index (χ1) is 6.16. The number of nitrogens with two attached hydrogens (primary N) is 1. The highest BCUT2D eigenvalue weighted by Gasteiger charge is 2.39. The zero-order chi connectivity index (χ0) is 9.84. The van der Waals surface area contributed by atoms with Crippen molar-refractivity contribution in [3.05, 3.63) is 0 Å². The van der Waals surface area contributed by atoms with E-state index >= 15 is 0 Å². The van der Waals surface area contributed by atoms with E-state index in [1.165, 1.54) is 0 Å². The Morgan fingerprint density at radius 1 is 1.23 bits per heavy atom. The molecule has 1 saturated heterocycles. The van der Waals surface area contributed by atoms with Crippen molar-refractivity contribution in [1.29, 1.82) is 0 Å². The summed E-state index contributed by atoms with van der Waals surface area (Å²) >= 11 is 0. The Morgan fingerprint density at radius 3 is 2.38 bits per heavy atom. The molecule has 0 aromatic heterocycles. The molecule has 0 aromatic carbocycles. The zero-order valence-corrected chi connectivity index (χ0v) is 8.02. The van der Waals surface area contributed by atoms with E-state index in [0.29, 0.717) is 0 Å². The van der Waals surface area contributed by atoms with Gasteiger partial charge in [-0.2, -0.15) is 0 Å². The van der Waals surface area contributed by atoms with E-state index in [4.69, 9.17) is 10.5 Å². The number of hydrogen-bond acceptors (Lipinski definition) is 4. The Bertz CT molecular complexity index is 154. The second-order valence-electron chi connectivity index (χ2n) is 3.62. The molecular weight excluding hydrogens is 170 g/mol. The largest absolute Gasteiger partial charge is 0.388 e. The number of unbranched alkanes of at least 4 members (excludes halogenated alkanes) is 2. The summed E-state index contributed by atoms with van der Waals surface area (Å²) in [4.78, 5) is 0. The average molecular weight is 189 g/mol. The number of rotatable bonds is 4. The van der Waals surface area contributed by atoms with Crippen LogP contribution in [0.4, 0.5) is 0 Å². The summed E-state index contributed by atoms with van der Waals surface area (Å²) in [6.07, 6.45) is 1.31. The highest BCUT2D eigenvalue weighted by atomic mass is 16.6. The summed E-state index contributed by atoms with van der Waals surface area (Å²) in [5.74, 6) is 0. The fourth-order valence-corrected chi connectivity index (χ4v) is 1.61. The maximum atomic E-state index is 9.47. The van der Waals surface area contributed by atoms with Crippen molar-refractivity contribution in [3.8, 4) is 0 Å². The number of ether oxygens (including phenoxy) is 1. The minimum Gasteiger partial charge on any atom is -0.388 e. The Kier molecular flexibility index (Phi) is 4.12. The molecule has 0 amide bonds. The van der Waals surface area contributed by atoms with E-state index in [2.05, 4.69) is 6.92 Å². The summed E-state index contributed by atoms with van der Waals surface area (Å²) in [5, 5.41) is 18.8. The van der Waals surface area contributed by atoms with Gasteiger partial charge in [0.05, 0.1) is 6.10 Å². The van der Waals surface area contributed by atoms with Crippen LogP contribution >= 0.6 is 0 Å². The topological polar surface area (TPSA) is 75.7 Å². The van der Waals surface area contributed by atoms with E-state index in [1.54, 1.807) is 0 Å². The molecule has 4 atom stereocenters. The summed E-state index contributed by atoms with van der Waals surface area (Å²) in [7, 11) is 0. The van der Waals surface area contributed by atoms with Crippen LogP contribution in [0.15, 0.2) is 0 Å². The maximum absolute atomic E-state index is 9.47. The fraction of sp³-hybridized carbons (Fsp3) is 1.00. The van der Waals surface area contributed by atoms with Crippen LogP contribution in [-0.4, -0.2) is 34.8 Å². The van der Waals surface area contributed by atoms with Gasteiger partial charge in [0.15, 0.2) is 0 Å². The molecule has 1 rings (SSSR count). The van der Waals surface area contributed by atoms with E-state index in [9.17, 15) is 10.2 Å². The van der Waals surface area contributed by atoms with Crippen molar-refractivity contribution < 1.29 is 14.9 Å². The van der Waals surface area contributed by atoms with Gasteiger partial charge in [-0.05, 0) is 6.42 Å². The van der Waals surface area contributed by atoms with Gasteiger partial charge >= 0.3 is 0 Å². The highest BCUT2D eigenvalue weighted by Crippen LogP contribution is 2.22. The normalized spacial score (nSPS) is 39.7. The summed E-state index contributed by atoms with van der Waals surface area (Å²) < 4.78 is 5.21. The first kappa shape index (κ1) is 10.9. The molecule has 4 heteroatoms. The standard InChI is InChI=1S/C9H19NO3/c1-2-3-4-5-6-7(11)8(12)9(10)13-6/h6-9,11-12H,2-5,10H2,1H3/t6-,7?,8?,9-/m1/s1. The lowest BCUT2D eigenvalue weighted by Crippen LogP contribution is -2.36. The predicted octanol–water partition coefficient (Wildman–Crippen LogP) is -0.0279. The minimum atomic E-state index is -0.924. The van der Waals surface area contributed by atoms with Gasteiger partial charge < -0.3 is 20.7 Å². The Morgan fingerprint density at radius 2 is 1.92 bits per heavy atom. The van der Waals surface area contributed by atoms with Crippen molar-refractivity contribution in [2.24, 2.45) is 5.73 Å². The summed E-state index contributed by atoms with van der Waals surface area (Å²) in [6.45, 7) is 2.12. The number of aliphatic hydroxyl groups is 2. The quantitative estimate of drug-likeness (QED) is 0.543. The van der Waals surface area contributed by atoms with E-state index in [0.717, 1.165) is 25.7 Å². The predicted molar refractivity (Wildman–Crippen MR) is 49.0 cm³/mol. The van der Waals surface area contributed by atoms with Gasteiger partial charge in [-0.1, -0.05) is 26.2 Å². The van der Waals surface area contributed by atoms with Crippen LogP contribution in [0.1, 0.15) is 32.6 Å². The third-order valence-electron chi connectivity index (χ3n) is 2.49. The second kappa shape index (κ2) is 4.91. The SMILES string of the molecule is CCCCC[C@H]1O[C@@H](N)C(O)C1O. The molecule has 0 aliphatic carbocycles. The van der Waals surface area contributed by atoms with E-state index in [-0.39, 0.29) is 6.10 Å². The molecule has 13 heavy (non-hydrogen) atoms. The van der Waals surface area contributed by atoms with Gasteiger partial charge in [0.1, 0.15) is 18.4 Å². The molecule has 1 heterocycles. The van der Waals surface area contributed by atoms with Crippen molar-refractivity contribution in [3.63, 3.8) is 0 Å². The van der Waals surface area contributed by atoms with Crippen molar-refractivity contribution in [2.45, 2.75) is 57.1 Å². The molecule has 1 fully saturated rings. The van der Waals surface area contributed by atoms with Gasteiger partial charge in [0.2, 0.25) is 0 Å². The Labute approximate surface area is 78.7 Å². The van der Waals surface area contributed by atoms with Crippen molar-refractivity contribution in [1.82, 2.24) is 0 Å². The second-order valence-corrected chi connectivity index (χ2v) is 3.62. The lowest BCUT2D eigenvalue weighted by molar-refractivity contribution is 0.00582. The molecule has 0 bridgehead atoms.